The van der Waals surface area contributed by atoms with Gasteiger partial charge in [0, 0.05) is 31.3 Å². The maximum Gasteiger partial charge on any atom is 0.191 e. The summed E-state index contributed by atoms with van der Waals surface area (Å²) in [6, 6.07) is 4.66. The van der Waals surface area contributed by atoms with Gasteiger partial charge in [0.1, 0.15) is 9.84 Å². The summed E-state index contributed by atoms with van der Waals surface area (Å²) in [5.41, 5.74) is 0. The summed E-state index contributed by atoms with van der Waals surface area (Å²) in [7, 11) is -1.22. The van der Waals surface area contributed by atoms with Gasteiger partial charge in [-0.2, -0.15) is 0 Å². The Kier molecular flexibility index (Phi) is 11.8. The number of likely N-dealkylation sites (tertiary alicyclic amines) is 1. The number of aliphatic imine (C=N–C) groups is 1. The minimum Gasteiger partial charge on any atom is -0.379 e. The largest absolute Gasteiger partial charge is 0.379 e. The van der Waals surface area contributed by atoms with Gasteiger partial charge in [-0.15, -0.1) is 35.3 Å². The second-order valence-electron chi connectivity index (χ2n) is 6.40. The van der Waals surface area contributed by atoms with Crippen LogP contribution in [-0.2, 0) is 14.6 Å². The predicted molar refractivity (Wildman–Crippen MR) is 123 cm³/mol. The molecule has 0 amide bonds. The topological polar surface area (TPSA) is 83.0 Å². The van der Waals surface area contributed by atoms with Gasteiger partial charge in [0.2, 0.25) is 0 Å². The van der Waals surface area contributed by atoms with Crippen LogP contribution in [0.4, 0.5) is 0 Å². The summed E-state index contributed by atoms with van der Waals surface area (Å²) in [4.78, 5) is 8.16. The minimum atomic E-state index is -2.97. The van der Waals surface area contributed by atoms with Crippen LogP contribution in [0.5, 0.6) is 0 Å². The van der Waals surface area contributed by atoms with Gasteiger partial charge in [-0.1, -0.05) is 6.07 Å². The molecule has 27 heavy (non-hydrogen) atoms. The van der Waals surface area contributed by atoms with Crippen molar-refractivity contribution in [1.82, 2.24) is 15.5 Å². The van der Waals surface area contributed by atoms with Crippen LogP contribution in [-0.4, -0.2) is 77.7 Å². The molecule has 0 spiro atoms. The SMILES string of the molecule is CN=C(NCCOCCS(C)(=O)=O)NCC(c1cccs1)N1CCCC1.I. The molecular weight excluding hydrogens is 499 g/mol. The summed E-state index contributed by atoms with van der Waals surface area (Å²) in [6.07, 6.45) is 3.74. The first-order chi connectivity index (χ1) is 12.5. The molecule has 7 nitrogen and oxygen atoms in total. The van der Waals surface area contributed by atoms with Crippen LogP contribution in [0.15, 0.2) is 22.5 Å². The number of ether oxygens (including phenoxy) is 1. The normalized spacial score (nSPS) is 16.7. The number of thiophene rings is 1. The summed E-state index contributed by atoms with van der Waals surface area (Å²) in [6.45, 7) is 4.33. The number of halogens is 1. The Morgan fingerprint density at radius 1 is 1.33 bits per heavy atom. The molecule has 1 aromatic rings. The average Bonchev–Trinajstić information content (AvgIpc) is 3.29. The molecule has 1 fully saturated rings. The lowest BCUT2D eigenvalue weighted by molar-refractivity contribution is 0.154. The molecule has 1 aliphatic rings. The van der Waals surface area contributed by atoms with Gasteiger partial charge in [-0.25, -0.2) is 8.42 Å². The molecule has 10 heteroatoms. The third kappa shape index (κ3) is 9.55. The first-order valence-corrected chi connectivity index (χ1v) is 11.9. The van der Waals surface area contributed by atoms with E-state index in [0.717, 1.165) is 25.6 Å². The molecule has 1 atom stereocenters. The van der Waals surface area contributed by atoms with E-state index < -0.39 is 9.84 Å². The fourth-order valence-corrected chi connectivity index (χ4v) is 4.19. The number of guanidine groups is 1. The second-order valence-corrected chi connectivity index (χ2v) is 9.64. The Morgan fingerprint density at radius 3 is 2.67 bits per heavy atom. The average molecular weight is 530 g/mol. The van der Waals surface area contributed by atoms with Crippen molar-refractivity contribution in [3.63, 3.8) is 0 Å². The quantitative estimate of drug-likeness (QED) is 0.208. The Bertz CT molecular complexity index is 647. The number of rotatable bonds is 10. The summed E-state index contributed by atoms with van der Waals surface area (Å²) in [5.74, 6) is 0.788. The van der Waals surface area contributed by atoms with Crippen molar-refractivity contribution in [1.29, 1.82) is 0 Å². The Hall–Kier alpha value is -0.430. The van der Waals surface area contributed by atoms with E-state index in [1.165, 1.54) is 24.0 Å². The summed E-state index contributed by atoms with van der Waals surface area (Å²) in [5, 5.41) is 8.73. The third-order valence-corrected chi connectivity index (χ3v) is 6.16. The second kappa shape index (κ2) is 12.9. The molecule has 0 aromatic carbocycles. The molecule has 1 aliphatic heterocycles. The van der Waals surface area contributed by atoms with Crippen LogP contribution >= 0.6 is 35.3 Å². The van der Waals surface area contributed by atoms with Crippen LogP contribution in [0, 0.1) is 0 Å². The van der Waals surface area contributed by atoms with Gasteiger partial charge in [0.05, 0.1) is 25.0 Å². The summed E-state index contributed by atoms with van der Waals surface area (Å²) >= 11 is 1.79. The van der Waals surface area contributed by atoms with E-state index in [4.69, 9.17) is 4.74 Å². The lowest BCUT2D eigenvalue weighted by atomic mass is 10.2. The van der Waals surface area contributed by atoms with E-state index in [1.807, 2.05) is 0 Å². The van der Waals surface area contributed by atoms with Crippen molar-refractivity contribution in [2.75, 3.05) is 58.4 Å². The van der Waals surface area contributed by atoms with Crippen molar-refractivity contribution >= 4 is 51.1 Å². The molecule has 1 aromatic heterocycles. The fraction of sp³-hybridized carbons (Fsp3) is 0.706. The lowest BCUT2D eigenvalue weighted by Gasteiger charge is -2.27. The van der Waals surface area contributed by atoms with E-state index in [9.17, 15) is 8.42 Å². The van der Waals surface area contributed by atoms with Gasteiger partial charge in [-0.3, -0.25) is 9.89 Å². The lowest BCUT2D eigenvalue weighted by Crippen LogP contribution is -2.43. The van der Waals surface area contributed by atoms with E-state index >= 15 is 0 Å². The molecule has 2 heterocycles. The van der Waals surface area contributed by atoms with Crippen molar-refractivity contribution in [2.24, 2.45) is 4.99 Å². The molecule has 156 valence electrons. The Morgan fingerprint density at radius 2 is 2.07 bits per heavy atom. The number of nitrogens with zero attached hydrogens (tertiary/aromatic N) is 2. The molecule has 0 saturated carbocycles. The number of hydrogen-bond acceptors (Lipinski definition) is 6. The smallest absolute Gasteiger partial charge is 0.191 e. The number of sulfone groups is 1. The fourth-order valence-electron chi connectivity index (χ4n) is 2.91. The first-order valence-electron chi connectivity index (χ1n) is 8.97. The highest BCUT2D eigenvalue weighted by molar-refractivity contribution is 14.0. The first kappa shape index (κ1) is 24.6. The standard InChI is InChI=1S/C17H30N4O3S2.HI/c1-18-17(19-7-10-24-11-13-26(2,22)23)20-14-15(16-6-5-12-25-16)21-8-3-4-9-21;/h5-6,12,15H,3-4,7-11,13-14H2,1-2H3,(H2,18,19,20);1H. The van der Waals surface area contributed by atoms with Crippen LogP contribution in [0.1, 0.15) is 23.8 Å². The number of nitrogens with one attached hydrogen (secondary N) is 2. The molecule has 2 rings (SSSR count). The van der Waals surface area contributed by atoms with Gasteiger partial charge in [-0.05, 0) is 37.4 Å². The van der Waals surface area contributed by atoms with Gasteiger partial charge < -0.3 is 15.4 Å². The van der Waals surface area contributed by atoms with E-state index in [1.54, 1.807) is 18.4 Å². The molecule has 0 aliphatic carbocycles. The third-order valence-electron chi connectivity index (χ3n) is 4.28. The molecular formula is C17H31IN4O3S2. The molecule has 2 N–H and O–H groups in total. The molecule has 0 radical (unpaired) electrons. The molecule has 0 bridgehead atoms. The van der Waals surface area contributed by atoms with Crippen LogP contribution in [0.2, 0.25) is 0 Å². The highest BCUT2D eigenvalue weighted by Crippen LogP contribution is 2.27. The van der Waals surface area contributed by atoms with Gasteiger partial charge in [0.15, 0.2) is 5.96 Å². The Labute approximate surface area is 183 Å². The predicted octanol–water partition coefficient (Wildman–Crippen LogP) is 1.73. The van der Waals surface area contributed by atoms with Crippen molar-refractivity contribution in [3.05, 3.63) is 22.4 Å². The van der Waals surface area contributed by atoms with Crippen molar-refractivity contribution < 1.29 is 13.2 Å². The summed E-state index contributed by atoms with van der Waals surface area (Å²) < 4.78 is 27.4. The molecule has 1 saturated heterocycles. The monoisotopic (exact) mass is 530 g/mol. The minimum absolute atomic E-state index is 0. The van der Waals surface area contributed by atoms with Crippen LogP contribution < -0.4 is 10.6 Å². The zero-order valence-corrected chi connectivity index (χ0v) is 20.0. The van der Waals surface area contributed by atoms with Crippen LogP contribution in [0.3, 0.4) is 0 Å². The highest BCUT2D eigenvalue weighted by atomic mass is 127. The highest BCUT2D eigenvalue weighted by Gasteiger charge is 2.24. The van der Waals surface area contributed by atoms with Crippen LogP contribution in [0.25, 0.3) is 0 Å². The molecule has 1 unspecified atom stereocenters. The zero-order valence-electron chi connectivity index (χ0n) is 16.0. The van der Waals surface area contributed by atoms with Gasteiger partial charge in [0.25, 0.3) is 0 Å². The Balaban J connectivity index is 0.00000364. The van der Waals surface area contributed by atoms with Gasteiger partial charge >= 0.3 is 0 Å². The maximum absolute atomic E-state index is 11.0. The van der Waals surface area contributed by atoms with Crippen molar-refractivity contribution in [2.45, 2.75) is 18.9 Å². The van der Waals surface area contributed by atoms with E-state index in [2.05, 4.69) is 38.0 Å². The van der Waals surface area contributed by atoms with E-state index in [-0.39, 0.29) is 36.3 Å². The van der Waals surface area contributed by atoms with E-state index in [0.29, 0.717) is 19.2 Å². The number of hydrogen-bond donors (Lipinski definition) is 2. The zero-order chi connectivity index (χ0) is 18.8. The van der Waals surface area contributed by atoms with Crippen molar-refractivity contribution in [3.8, 4) is 0 Å². The maximum atomic E-state index is 11.0.